The Balaban J connectivity index is 0.000000556. The van der Waals surface area contributed by atoms with E-state index in [-0.39, 0.29) is 26.6 Å². The molecule has 0 bridgehead atoms. The van der Waals surface area contributed by atoms with Gasteiger partial charge < -0.3 is 20.3 Å². The van der Waals surface area contributed by atoms with Crippen molar-refractivity contribution in [2.45, 2.75) is 38.5 Å². The molecule has 3 fully saturated rings. The van der Waals surface area contributed by atoms with Crippen LogP contribution in [0, 0.1) is 30.9 Å². The number of para-hydroxylation sites is 6. The summed E-state index contributed by atoms with van der Waals surface area (Å²) in [6, 6.07) is 21.5. The molecule has 0 aromatic heterocycles. The van der Waals surface area contributed by atoms with E-state index in [2.05, 4.69) is 9.69 Å². The summed E-state index contributed by atoms with van der Waals surface area (Å²) in [4.78, 5) is 6.46. The highest BCUT2D eigenvalue weighted by Gasteiger charge is 2.22. The number of halogens is 2. The van der Waals surface area contributed by atoms with Crippen molar-refractivity contribution >= 4 is 61.2 Å². The van der Waals surface area contributed by atoms with E-state index in [0.29, 0.717) is 11.4 Å². The molecule has 235 valence electrons. The highest BCUT2D eigenvalue weighted by Crippen LogP contribution is 2.33. The van der Waals surface area contributed by atoms with Gasteiger partial charge in [0.1, 0.15) is 17.2 Å². The smallest absolute Gasteiger partial charge is 0.228 e. The number of aromatic hydroxyl groups is 1. The fraction of sp³-hybridized carbons (Fsp3) is 0.412. The van der Waals surface area contributed by atoms with Gasteiger partial charge >= 0.3 is 0 Å². The molecule has 3 aromatic carbocycles. The molecular formula is C34H43BCl2N3O3S. The van der Waals surface area contributed by atoms with Crippen LogP contribution in [-0.2, 0) is 0 Å². The molecule has 0 unspecified atom stereocenters. The summed E-state index contributed by atoms with van der Waals surface area (Å²) in [5.74, 6) is 4.90. The van der Waals surface area contributed by atoms with Gasteiger partial charge in [-0.3, -0.25) is 0 Å². The Hall–Kier alpha value is -3.17. The van der Waals surface area contributed by atoms with Gasteiger partial charge in [0.2, 0.25) is 11.4 Å². The molecule has 6 rings (SSSR count). The Morgan fingerprint density at radius 1 is 0.750 bits per heavy atom. The molecule has 3 aromatic rings. The van der Waals surface area contributed by atoms with E-state index in [4.69, 9.17) is 45.1 Å². The highest BCUT2D eigenvalue weighted by molar-refractivity contribution is 7.97. The van der Waals surface area contributed by atoms with Gasteiger partial charge in [-0.1, -0.05) is 48.5 Å². The van der Waals surface area contributed by atoms with Crippen LogP contribution in [0.15, 0.2) is 72.8 Å². The summed E-state index contributed by atoms with van der Waals surface area (Å²) in [5, 5.41) is 8.90. The first-order chi connectivity index (χ1) is 20.4. The Morgan fingerprint density at radius 2 is 1.16 bits per heavy atom. The maximum Gasteiger partial charge on any atom is 0.228 e. The zero-order valence-electron chi connectivity index (χ0n) is 25.5. The number of hydrogen-bond donors (Lipinski definition) is 2. The van der Waals surface area contributed by atoms with Crippen molar-refractivity contribution in [2.24, 2.45) is 17.8 Å². The summed E-state index contributed by atoms with van der Waals surface area (Å²) in [5.41, 5.74) is 7.35. The zero-order chi connectivity index (χ0) is 30.6. The summed E-state index contributed by atoms with van der Waals surface area (Å²) in [6.07, 6.45) is 12.0. The molecule has 3 radical (unpaired) electrons. The number of nitrogens with two attached hydrogens (primary N) is 1. The summed E-state index contributed by atoms with van der Waals surface area (Å²) < 4.78 is 11.1. The molecule has 0 spiro atoms. The average molecular weight is 656 g/mol. The van der Waals surface area contributed by atoms with Crippen LogP contribution in [-0.4, -0.2) is 45.1 Å². The predicted molar refractivity (Wildman–Crippen MR) is 190 cm³/mol. The number of thioether (sulfide) groups is 1. The molecule has 0 amide bonds. The maximum absolute atomic E-state index is 8.90. The van der Waals surface area contributed by atoms with Crippen LogP contribution < -0.4 is 15.2 Å². The van der Waals surface area contributed by atoms with Crippen molar-refractivity contribution in [2.75, 3.05) is 37.3 Å². The lowest BCUT2D eigenvalue weighted by Gasteiger charge is -2.06. The Labute approximate surface area is 281 Å². The predicted octanol–water partition coefficient (Wildman–Crippen LogP) is 9.68. The minimum absolute atomic E-state index is 0. The molecule has 0 heterocycles. The summed E-state index contributed by atoms with van der Waals surface area (Å²) in [6.45, 7) is 15.1. The number of phenols is 1. The van der Waals surface area contributed by atoms with Crippen LogP contribution in [0.25, 0.3) is 9.69 Å². The maximum atomic E-state index is 8.90. The van der Waals surface area contributed by atoms with Gasteiger partial charge in [-0.25, -0.2) is 9.69 Å². The van der Waals surface area contributed by atoms with Gasteiger partial charge in [0.25, 0.3) is 0 Å². The van der Waals surface area contributed by atoms with Gasteiger partial charge in [-0.15, -0.1) is 24.0 Å². The average Bonchev–Trinajstić information content (AvgIpc) is 3.86. The molecule has 44 heavy (non-hydrogen) atoms. The number of ether oxygens (including phenoxy) is 2. The number of nitrogen functional groups attached to an aromatic ring is 1. The second-order valence-corrected chi connectivity index (χ2v) is 11.4. The second kappa shape index (κ2) is 24.2. The second-order valence-electron chi connectivity index (χ2n) is 10.2. The number of hydrogen-bond acceptors (Lipinski definition) is 5. The van der Waals surface area contributed by atoms with E-state index >= 15 is 0 Å². The van der Waals surface area contributed by atoms with E-state index < -0.39 is 0 Å². The molecule has 0 aliphatic heterocycles. The van der Waals surface area contributed by atoms with Gasteiger partial charge in [-0.2, -0.15) is 11.8 Å². The molecule has 6 nitrogen and oxygen atoms in total. The normalized spacial score (nSPS) is 13.6. The standard InChI is InChI=1S/C11H11NO.C10H13NO.C7H5NO.C4H7Cl.C2H6S.B.ClH/c1-12-10-4-2-3-5-11(10)13-8-9-6-7-9;11-9-3-1-2-4-10(9)12-7-8-5-6-8;1-8-6-4-2-3-5-7(6)9;5-3-4-1-2-4;1-3-2;;/h2-5,9H,6-8H2;1-4,8H,5-7,11H2;2-5,9H;4H,1-3H2;1-2H3;;1H. The third-order valence-electron chi connectivity index (χ3n) is 6.16. The zero-order valence-corrected chi connectivity index (χ0v) is 27.9. The molecule has 3 N–H and O–H groups in total. The Kier molecular flexibility index (Phi) is 22.5. The first kappa shape index (κ1) is 40.8. The highest BCUT2D eigenvalue weighted by atomic mass is 35.5. The third kappa shape index (κ3) is 18.5. The number of phenolic OH excluding ortho intramolecular Hbond substituents is 1. The molecule has 3 saturated carbocycles. The molecular weight excluding hydrogens is 612 g/mol. The van der Waals surface area contributed by atoms with Gasteiger partial charge in [0, 0.05) is 14.3 Å². The first-order valence-corrected chi connectivity index (χ1v) is 16.3. The van der Waals surface area contributed by atoms with E-state index in [1.165, 1.54) is 44.6 Å². The van der Waals surface area contributed by atoms with Crippen molar-refractivity contribution in [1.82, 2.24) is 0 Å². The lowest BCUT2D eigenvalue weighted by atomic mass is 10.3. The number of anilines is 1. The summed E-state index contributed by atoms with van der Waals surface area (Å²) in [7, 11) is 0. The quantitative estimate of drug-likeness (QED) is 0.115. The Bertz CT molecular complexity index is 1280. The van der Waals surface area contributed by atoms with Crippen LogP contribution in [0.5, 0.6) is 17.2 Å². The SMILES string of the molecule is CSC.Cl.ClCC1CC1.Nc1ccccc1OCC1CC1.[B].[C-]#[N+]c1ccccc1O.[C-]#[N+]c1ccccc1OCC1CC1. The molecule has 0 atom stereocenters. The van der Waals surface area contributed by atoms with Crippen molar-refractivity contribution < 1.29 is 14.6 Å². The van der Waals surface area contributed by atoms with Gasteiger partial charge in [0.05, 0.1) is 32.0 Å². The molecule has 3 aliphatic carbocycles. The van der Waals surface area contributed by atoms with Crippen molar-refractivity contribution in [3.05, 3.63) is 95.6 Å². The van der Waals surface area contributed by atoms with Crippen LogP contribution >= 0.6 is 35.8 Å². The molecule has 3 aliphatic rings. The number of benzene rings is 3. The fourth-order valence-corrected chi connectivity index (χ4v) is 3.41. The minimum Gasteiger partial charge on any atom is -0.519 e. The van der Waals surface area contributed by atoms with Crippen molar-refractivity contribution in [1.29, 1.82) is 0 Å². The number of nitrogens with zero attached hydrogens (tertiary/aromatic N) is 2. The fourth-order valence-electron chi connectivity index (χ4n) is 3.10. The van der Waals surface area contributed by atoms with Crippen LogP contribution in [0.4, 0.5) is 17.1 Å². The minimum atomic E-state index is 0. The molecule has 0 saturated heterocycles. The third-order valence-corrected chi connectivity index (χ3v) is 6.60. The van der Waals surface area contributed by atoms with E-state index in [1.54, 1.807) is 36.0 Å². The summed E-state index contributed by atoms with van der Waals surface area (Å²) >= 11 is 7.15. The van der Waals surface area contributed by atoms with Gasteiger partial charge in [-0.05, 0) is 93.1 Å². The van der Waals surface area contributed by atoms with Crippen molar-refractivity contribution in [3.8, 4) is 17.2 Å². The van der Waals surface area contributed by atoms with Crippen LogP contribution in [0.3, 0.4) is 0 Å². The Morgan fingerprint density at radius 3 is 1.55 bits per heavy atom. The number of alkyl halides is 1. The molecule has 10 heteroatoms. The van der Waals surface area contributed by atoms with Crippen molar-refractivity contribution in [3.63, 3.8) is 0 Å². The van der Waals surface area contributed by atoms with Crippen LogP contribution in [0.1, 0.15) is 38.5 Å². The topological polar surface area (TPSA) is 73.4 Å². The van der Waals surface area contributed by atoms with E-state index in [9.17, 15) is 0 Å². The van der Waals surface area contributed by atoms with Crippen LogP contribution in [0.2, 0.25) is 0 Å². The first-order valence-electron chi connectivity index (χ1n) is 14.1. The monoisotopic (exact) mass is 654 g/mol. The lowest BCUT2D eigenvalue weighted by Crippen LogP contribution is -2.01. The van der Waals surface area contributed by atoms with E-state index in [1.807, 2.05) is 55.0 Å². The lowest BCUT2D eigenvalue weighted by molar-refractivity contribution is 0.301. The largest absolute Gasteiger partial charge is 0.519 e. The number of rotatable bonds is 7. The van der Waals surface area contributed by atoms with Gasteiger partial charge in [0.15, 0.2) is 0 Å². The van der Waals surface area contributed by atoms with E-state index in [0.717, 1.165) is 54.0 Å².